The van der Waals surface area contributed by atoms with E-state index in [1.807, 2.05) is 29.9 Å². The summed E-state index contributed by atoms with van der Waals surface area (Å²) in [6, 6.07) is 6.25. The van der Waals surface area contributed by atoms with Crippen molar-refractivity contribution in [2.75, 3.05) is 0 Å². The summed E-state index contributed by atoms with van der Waals surface area (Å²) in [6.07, 6.45) is 4.47. The SMILES string of the molecule is Cc1nn(C(C)C)cc1-c1ccc(F)c(CNC2CC2)c1. The van der Waals surface area contributed by atoms with Gasteiger partial charge in [-0.15, -0.1) is 0 Å². The topological polar surface area (TPSA) is 29.9 Å². The summed E-state index contributed by atoms with van der Waals surface area (Å²) in [4.78, 5) is 0. The summed E-state index contributed by atoms with van der Waals surface area (Å²) in [5.41, 5.74) is 3.83. The maximum Gasteiger partial charge on any atom is 0.127 e. The zero-order valence-corrected chi connectivity index (χ0v) is 12.9. The van der Waals surface area contributed by atoms with Crippen LogP contribution in [0, 0.1) is 12.7 Å². The fraction of sp³-hybridized carbons (Fsp3) is 0.471. The van der Waals surface area contributed by atoms with Gasteiger partial charge >= 0.3 is 0 Å². The lowest BCUT2D eigenvalue weighted by molar-refractivity contribution is 0.529. The molecule has 0 atom stereocenters. The molecule has 0 radical (unpaired) electrons. The molecule has 1 aliphatic rings. The monoisotopic (exact) mass is 287 g/mol. The Bertz CT molecular complexity index is 641. The van der Waals surface area contributed by atoms with Crippen LogP contribution in [0.2, 0.25) is 0 Å². The summed E-state index contributed by atoms with van der Waals surface area (Å²) < 4.78 is 15.9. The minimum atomic E-state index is -0.138. The van der Waals surface area contributed by atoms with Crippen LogP contribution in [0.1, 0.15) is 44.0 Å². The normalized spacial score (nSPS) is 14.9. The summed E-state index contributed by atoms with van der Waals surface area (Å²) in [5.74, 6) is -0.138. The van der Waals surface area contributed by atoms with Gasteiger partial charge < -0.3 is 5.32 Å². The standard InChI is InChI=1S/C17H22FN3/c1-11(2)21-10-16(12(3)20-21)13-4-7-17(18)14(8-13)9-19-15-5-6-15/h4,7-8,10-11,15,19H,5-6,9H2,1-3H3. The molecular weight excluding hydrogens is 265 g/mol. The first-order valence-corrected chi connectivity index (χ1v) is 7.62. The quantitative estimate of drug-likeness (QED) is 0.905. The van der Waals surface area contributed by atoms with E-state index in [4.69, 9.17) is 0 Å². The number of aromatic nitrogens is 2. The maximum absolute atomic E-state index is 13.9. The Morgan fingerprint density at radius 2 is 2.14 bits per heavy atom. The second-order valence-corrected chi connectivity index (χ2v) is 6.16. The Hall–Kier alpha value is -1.68. The van der Waals surface area contributed by atoms with Crippen LogP contribution < -0.4 is 5.32 Å². The molecule has 0 saturated heterocycles. The van der Waals surface area contributed by atoms with Crippen LogP contribution in [0.5, 0.6) is 0 Å². The summed E-state index contributed by atoms with van der Waals surface area (Å²) in [7, 11) is 0. The van der Waals surface area contributed by atoms with Gasteiger partial charge in [0.1, 0.15) is 5.82 Å². The van der Waals surface area contributed by atoms with Crippen molar-refractivity contribution in [1.29, 1.82) is 0 Å². The van der Waals surface area contributed by atoms with Crippen LogP contribution in [-0.2, 0) is 6.54 Å². The molecule has 1 saturated carbocycles. The third-order valence-corrected chi connectivity index (χ3v) is 3.96. The van der Waals surface area contributed by atoms with E-state index in [2.05, 4.69) is 24.3 Å². The van der Waals surface area contributed by atoms with Gasteiger partial charge in [-0.3, -0.25) is 4.68 Å². The van der Waals surface area contributed by atoms with Crippen LogP contribution in [0.25, 0.3) is 11.1 Å². The van der Waals surface area contributed by atoms with E-state index in [1.54, 1.807) is 6.07 Å². The van der Waals surface area contributed by atoms with Crippen molar-refractivity contribution >= 4 is 0 Å². The van der Waals surface area contributed by atoms with E-state index < -0.39 is 0 Å². The molecule has 1 heterocycles. The average molecular weight is 287 g/mol. The molecule has 2 aromatic rings. The van der Waals surface area contributed by atoms with E-state index in [0.29, 0.717) is 18.6 Å². The largest absolute Gasteiger partial charge is 0.310 e. The van der Waals surface area contributed by atoms with Gasteiger partial charge in [0, 0.05) is 36.0 Å². The van der Waals surface area contributed by atoms with Crippen molar-refractivity contribution in [2.45, 2.75) is 52.2 Å². The maximum atomic E-state index is 13.9. The molecule has 21 heavy (non-hydrogen) atoms. The van der Waals surface area contributed by atoms with Gasteiger partial charge in [-0.05, 0) is 51.3 Å². The zero-order valence-electron chi connectivity index (χ0n) is 12.9. The van der Waals surface area contributed by atoms with Gasteiger partial charge in [-0.1, -0.05) is 6.07 Å². The van der Waals surface area contributed by atoms with Crippen molar-refractivity contribution in [3.63, 3.8) is 0 Å². The molecule has 3 rings (SSSR count). The fourth-order valence-electron chi connectivity index (χ4n) is 2.45. The predicted octanol–water partition coefficient (Wildman–Crippen LogP) is 3.83. The third kappa shape index (κ3) is 3.16. The van der Waals surface area contributed by atoms with Gasteiger partial charge in [0.2, 0.25) is 0 Å². The molecular formula is C17H22FN3. The second kappa shape index (κ2) is 5.60. The van der Waals surface area contributed by atoms with Gasteiger partial charge in [-0.2, -0.15) is 5.10 Å². The molecule has 0 aliphatic heterocycles. The van der Waals surface area contributed by atoms with E-state index in [0.717, 1.165) is 22.4 Å². The fourth-order valence-corrected chi connectivity index (χ4v) is 2.45. The molecule has 3 nitrogen and oxygen atoms in total. The second-order valence-electron chi connectivity index (χ2n) is 6.16. The van der Waals surface area contributed by atoms with E-state index >= 15 is 0 Å². The molecule has 0 spiro atoms. The molecule has 4 heteroatoms. The van der Waals surface area contributed by atoms with Gasteiger partial charge in [0.15, 0.2) is 0 Å². The summed E-state index contributed by atoms with van der Waals surface area (Å²) in [6.45, 7) is 6.80. The van der Waals surface area contributed by atoms with E-state index in [-0.39, 0.29) is 5.82 Å². The lowest BCUT2D eigenvalue weighted by Gasteiger charge is -2.07. The molecule has 1 aliphatic carbocycles. The molecule has 0 bridgehead atoms. The lowest BCUT2D eigenvalue weighted by Crippen LogP contribution is -2.16. The highest BCUT2D eigenvalue weighted by molar-refractivity contribution is 5.66. The number of rotatable bonds is 5. The van der Waals surface area contributed by atoms with Crippen molar-refractivity contribution in [3.8, 4) is 11.1 Å². The number of aryl methyl sites for hydroxylation is 1. The van der Waals surface area contributed by atoms with Gasteiger partial charge in [0.05, 0.1) is 5.69 Å². The van der Waals surface area contributed by atoms with Crippen LogP contribution >= 0.6 is 0 Å². The van der Waals surface area contributed by atoms with Gasteiger partial charge in [0.25, 0.3) is 0 Å². The zero-order chi connectivity index (χ0) is 15.0. The lowest BCUT2D eigenvalue weighted by atomic mass is 10.0. The summed E-state index contributed by atoms with van der Waals surface area (Å²) >= 11 is 0. The number of nitrogens with one attached hydrogen (secondary N) is 1. The van der Waals surface area contributed by atoms with Crippen LogP contribution in [0.4, 0.5) is 4.39 Å². The Morgan fingerprint density at radius 3 is 2.76 bits per heavy atom. The Morgan fingerprint density at radius 1 is 1.38 bits per heavy atom. The van der Waals surface area contributed by atoms with Crippen LogP contribution in [0.15, 0.2) is 24.4 Å². The average Bonchev–Trinajstić information content (AvgIpc) is 3.19. The minimum Gasteiger partial charge on any atom is -0.310 e. The molecule has 1 aromatic carbocycles. The molecule has 1 fully saturated rings. The van der Waals surface area contributed by atoms with Crippen molar-refractivity contribution < 1.29 is 4.39 Å². The Balaban J connectivity index is 1.88. The van der Waals surface area contributed by atoms with Crippen molar-refractivity contribution in [1.82, 2.24) is 15.1 Å². The number of halogens is 1. The number of hydrogen-bond acceptors (Lipinski definition) is 2. The highest BCUT2D eigenvalue weighted by Crippen LogP contribution is 2.26. The highest BCUT2D eigenvalue weighted by atomic mass is 19.1. The summed E-state index contributed by atoms with van der Waals surface area (Å²) in [5, 5.41) is 7.90. The molecule has 1 N–H and O–H groups in total. The molecule has 0 unspecified atom stereocenters. The highest BCUT2D eigenvalue weighted by Gasteiger charge is 2.20. The Labute approximate surface area is 125 Å². The van der Waals surface area contributed by atoms with Crippen LogP contribution in [0.3, 0.4) is 0 Å². The first kappa shape index (κ1) is 14.3. The van der Waals surface area contributed by atoms with Crippen molar-refractivity contribution in [2.24, 2.45) is 0 Å². The number of hydrogen-bond donors (Lipinski definition) is 1. The smallest absolute Gasteiger partial charge is 0.127 e. The Kier molecular flexibility index (Phi) is 3.81. The van der Waals surface area contributed by atoms with E-state index in [9.17, 15) is 4.39 Å². The minimum absolute atomic E-state index is 0.138. The van der Waals surface area contributed by atoms with Crippen LogP contribution in [-0.4, -0.2) is 15.8 Å². The number of benzene rings is 1. The molecule has 1 aromatic heterocycles. The first-order valence-electron chi connectivity index (χ1n) is 7.62. The first-order chi connectivity index (χ1) is 10.0. The number of nitrogens with zero attached hydrogens (tertiary/aromatic N) is 2. The molecule has 112 valence electrons. The van der Waals surface area contributed by atoms with E-state index in [1.165, 1.54) is 12.8 Å². The third-order valence-electron chi connectivity index (χ3n) is 3.96. The van der Waals surface area contributed by atoms with Gasteiger partial charge in [-0.25, -0.2) is 4.39 Å². The molecule has 0 amide bonds. The predicted molar refractivity (Wildman–Crippen MR) is 82.6 cm³/mol. The van der Waals surface area contributed by atoms with Crippen molar-refractivity contribution in [3.05, 3.63) is 41.5 Å².